The number of hydrogen-bond acceptors (Lipinski definition) is 5. The van der Waals surface area contributed by atoms with E-state index in [1.165, 1.54) is 353 Å². The Morgan fingerprint density at radius 2 is 0.588 bits per heavy atom. The fraction of sp³-hybridized carbons (Fsp3) is 0.946. The second-order valence-corrected chi connectivity index (χ2v) is 25.6. The Labute approximate surface area is 501 Å². The summed E-state index contributed by atoms with van der Waals surface area (Å²) in [5.41, 5.74) is 0. The van der Waals surface area contributed by atoms with Crippen molar-refractivity contribution in [2.24, 2.45) is 0 Å². The molecule has 6 heteroatoms. The van der Waals surface area contributed by atoms with Crippen molar-refractivity contribution in [3.63, 3.8) is 0 Å². The quantitative estimate of drug-likeness (QED) is 0.0320. The molecule has 0 heterocycles. The Balaban J connectivity index is 3.38. The minimum absolute atomic E-state index is 0.0177. The molecule has 0 rings (SSSR count). The molecule has 0 saturated heterocycles. The number of aliphatic hydroxyl groups is 2. The summed E-state index contributed by atoms with van der Waals surface area (Å²) >= 11 is 0. The van der Waals surface area contributed by atoms with Gasteiger partial charge in [-0.05, 0) is 51.4 Å². The highest BCUT2D eigenvalue weighted by molar-refractivity contribution is 5.76. The summed E-state index contributed by atoms with van der Waals surface area (Å²) in [7, 11) is 0. The maximum Gasteiger partial charge on any atom is 0.305 e. The number of esters is 1. The molecule has 476 valence electrons. The smallest absolute Gasteiger partial charge is 0.305 e. The summed E-state index contributed by atoms with van der Waals surface area (Å²) in [5.74, 6) is -0.0149. The largest absolute Gasteiger partial charge is 0.466 e. The summed E-state index contributed by atoms with van der Waals surface area (Å²) in [6, 6.07) is -0.544. The normalized spacial score (nSPS) is 12.5. The standard InChI is InChI=1S/C74H145NO5/c1-3-5-7-9-11-13-15-17-19-20-21-22-26-29-32-35-39-42-46-50-54-58-62-66-72(77)71(70-76)75-73(78)67-63-59-55-51-47-43-40-36-33-30-27-24-23-25-28-31-34-37-41-45-49-53-57-61-65-69-80-74(79)68-64-60-56-52-48-44-38-18-16-14-12-10-8-6-4-2/h24,27,71-72,76-77H,3-23,25-26,28-70H2,1-2H3,(H,75,78)/b27-24-. The molecule has 0 aromatic heterocycles. The first-order valence-electron chi connectivity index (χ1n) is 36.9. The van der Waals surface area contributed by atoms with Crippen LogP contribution in [0.2, 0.25) is 0 Å². The fourth-order valence-electron chi connectivity index (χ4n) is 11.9. The minimum Gasteiger partial charge on any atom is -0.466 e. The molecule has 0 aliphatic carbocycles. The number of ether oxygens (including phenoxy) is 1. The molecule has 0 aromatic rings. The van der Waals surface area contributed by atoms with Crippen molar-refractivity contribution in [3.8, 4) is 0 Å². The molecule has 2 unspecified atom stereocenters. The molecule has 6 nitrogen and oxygen atoms in total. The SMILES string of the molecule is CCCCCCCCCCCCCCCCCCCCCCCCCC(O)C(CO)NC(=O)CCCCCCCCCCC/C=C\CCCCCCCCCCCCCCOC(=O)CCCCCCCCCCCCCCCCC. The molecule has 1 amide bonds. The van der Waals surface area contributed by atoms with Crippen LogP contribution in [0.3, 0.4) is 0 Å². The van der Waals surface area contributed by atoms with Gasteiger partial charge in [0.15, 0.2) is 0 Å². The number of allylic oxidation sites excluding steroid dienone is 2. The molecular formula is C74H145NO5. The topological polar surface area (TPSA) is 95.9 Å². The van der Waals surface area contributed by atoms with Gasteiger partial charge in [0, 0.05) is 12.8 Å². The summed E-state index contributed by atoms with van der Waals surface area (Å²) < 4.78 is 5.50. The predicted octanol–water partition coefficient (Wildman–Crippen LogP) is 23.9. The molecule has 0 aromatic carbocycles. The zero-order valence-corrected chi connectivity index (χ0v) is 54.6. The minimum atomic E-state index is -0.667. The van der Waals surface area contributed by atoms with E-state index in [0.717, 1.165) is 38.5 Å². The van der Waals surface area contributed by atoms with Crippen LogP contribution in [-0.2, 0) is 14.3 Å². The van der Waals surface area contributed by atoms with E-state index in [0.29, 0.717) is 25.9 Å². The Hall–Kier alpha value is -1.40. The van der Waals surface area contributed by atoms with Crippen LogP contribution in [0.5, 0.6) is 0 Å². The van der Waals surface area contributed by atoms with Crippen LogP contribution in [0.4, 0.5) is 0 Å². The first kappa shape index (κ1) is 78.6. The molecule has 3 N–H and O–H groups in total. The number of nitrogens with one attached hydrogen (secondary N) is 1. The molecule has 0 aliphatic heterocycles. The summed E-state index contributed by atoms with van der Waals surface area (Å²) in [6.45, 7) is 5.00. The number of carbonyl (C=O) groups excluding carboxylic acids is 2. The first-order valence-corrected chi connectivity index (χ1v) is 36.9. The molecule has 0 fully saturated rings. The van der Waals surface area contributed by atoms with Crippen molar-refractivity contribution in [2.45, 2.75) is 437 Å². The van der Waals surface area contributed by atoms with Crippen LogP contribution in [0.15, 0.2) is 12.2 Å². The summed E-state index contributed by atoms with van der Waals surface area (Å²) in [6.07, 6.45) is 87.0. The van der Waals surface area contributed by atoms with Gasteiger partial charge >= 0.3 is 5.97 Å². The third kappa shape index (κ3) is 65.7. The lowest BCUT2D eigenvalue weighted by atomic mass is 10.0. The van der Waals surface area contributed by atoms with Crippen LogP contribution in [0.25, 0.3) is 0 Å². The number of amides is 1. The Morgan fingerprint density at radius 3 is 0.887 bits per heavy atom. The highest BCUT2D eigenvalue weighted by Crippen LogP contribution is 2.19. The van der Waals surface area contributed by atoms with E-state index in [9.17, 15) is 19.8 Å². The molecule has 0 aliphatic rings. The second-order valence-electron chi connectivity index (χ2n) is 25.6. The maximum atomic E-state index is 12.6. The van der Waals surface area contributed by atoms with E-state index < -0.39 is 12.1 Å². The van der Waals surface area contributed by atoms with Gasteiger partial charge < -0.3 is 20.3 Å². The second kappa shape index (κ2) is 70.1. The zero-order valence-electron chi connectivity index (χ0n) is 54.6. The molecule has 2 atom stereocenters. The van der Waals surface area contributed by atoms with Crippen molar-refractivity contribution in [3.05, 3.63) is 12.2 Å². The van der Waals surface area contributed by atoms with Crippen molar-refractivity contribution in [1.82, 2.24) is 5.32 Å². The average molecular weight is 1130 g/mol. The molecule has 0 bridgehead atoms. The van der Waals surface area contributed by atoms with Gasteiger partial charge in [-0.1, -0.05) is 373 Å². The van der Waals surface area contributed by atoms with E-state index >= 15 is 0 Å². The van der Waals surface area contributed by atoms with E-state index in [1.807, 2.05) is 0 Å². The number of unbranched alkanes of at least 4 members (excludes halogenated alkanes) is 57. The predicted molar refractivity (Wildman–Crippen MR) is 352 cm³/mol. The molecular weight excluding hydrogens is 983 g/mol. The molecule has 0 spiro atoms. The molecule has 0 radical (unpaired) electrons. The highest BCUT2D eigenvalue weighted by atomic mass is 16.5. The van der Waals surface area contributed by atoms with Gasteiger partial charge in [0.25, 0.3) is 0 Å². The number of carbonyl (C=O) groups is 2. The summed E-state index contributed by atoms with van der Waals surface area (Å²) in [4.78, 5) is 24.6. The van der Waals surface area contributed by atoms with Crippen molar-refractivity contribution in [1.29, 1.82) is 0 Å². The lowest BCUT2D eigenvalue weighted by Crippen LogP contribution is -2.45. The van der Waals surface area contributed by atoms with Gasteiger partial charge in [0.2, 0.25) is 5.91 Å². The third-order valence-electron chi connectivity index (χ3n) is 17.6. The van der Waals surface area contributed by atoms with Crippen LogP contribution in [0.1, 0.15) is 425 Å². The summed E-state index contributed by atoms with van der Waals surface area (Å²) in [5, 5.41) is 23.4. The van der Waals surface area contributed by atoms with Crippen LogP contribution < -0.4 is 5.32 Å². The number of aliphatic hydroxyl groups excluding tert-OH is 2. The van der Waals surface area contributed by atoms with Gasteiger partial charge in [-0.2, -0.15) is 0 Å². The van der Waals surface area contributed by atoms with E-state index in [4.69, 9.17) is 4.74 Å². The molecule has 80 heavy (non-hydrogen) atoms. The van der Waals surface area contributed by atoms with Crippen LogP contribution >= 0.6 is 0 Å². The number of rotatable bonds is 70. The lowest BCUT2D eigenvalue weighted by Gasteiger charge is -2.22. The third-order valence-corrected chi connectivity index (χ3v) is 17.6. The van der Waals surface area contributed by atoms with Gasteiger partial charge in [0.1, 0.15) is 0 Å². The lowest BCUT2D eigenvalue weighted by molar-refractivity contribution is -0.143. The Bertz CT molecular complexity index is 1210. The van der Waals surface area contributed by atoms with Crippen LogP contribution in [-0.4, -0.2) is 47.4 Å². The first-order chi connectivity index (χ1) is 39.5. The van der Waals surface area contributed by atoms with Crippen molar-refractivity contribution >= 4 is 11.9 Å². The maximum absolute atomic E-state index is 12.6. The average Bonchev–Trinajstić information content (AvgIpc) is 3.46. The number of hydrogen-bond donors (Lipinski definition) is 3. The zero-order chi connectivity index (χ0) is 57.8. The molecule has 0 saturated carbocycles. The van der Waals surface area contributed by atoms with E-state index in [-0.39, 0.29) is 18.5 Å². The van der Waals surface area contributed by atoms with Crippen molar-refractivity contribution < 1.29 is 24.5 Å². The van der Waals surface area contributed by atoms with Gasteiger partial charge in [-0.15, -0.1) is 0 Å². The Morgan fingerprint density at radius 1 is 0.338 bits per heavy atom. The van der Waals surface area contributed by atoms with Crippen molar-refractivity contribution in [2.75, 3.05) is 13.2 Å². The van der Waals surface area contributed by atoms with Crippen LogP contribution in [0, 0.1) is 0 Å². The van der Waals surface area contributed by atoms with Gasteiger partial charge in [-0.3, -0.25) is 9.59 Å². The monoisotopic (exact) mass is 1130 g/mol. The van der Waals surface area contributed by atoms with E-state index in [2.05, 4.69) is 31.3 Å². The van der Waals surface area contributed by atoms with Gasteiger partial charge in [0.05, 0.1) is 25.4 Å². The van der Waals surface area contributed by atoms with Gasteiger partial charge in [-0.25, -0.2) is 0 Å². The Kier molecular flexibility index (Phi) is 68.9. The highest BCUT2D eigenvalue weighted by Gasteiger charge is 2.20. The van der Waals surface area contributed by atoms with E-state index in [1.54, 1.807) is 0 Å². The fourth-order valence-corrected chi connectivity index (χ4v) is 11.9.